The van der Waals surface area contributed by atoms with Crippen LogP contribution in [0.2, 0.25) is 0 Å². The van der Waals surface area contributed by atoms with E-state index in [4.69, 9.17) is 0 Å². The quantitative estimate of drug-likeness (QED) is 0.600. The van der Waals surface area contributed by atoms with Crippen LogP contribution in [-0.2, 0) is 14.3 Å². The van der Waals surface area contributed by atoms with Gasteiger partial charge in [0.1, 0.15) is 6.54 Å². The molecule has 0 aliphatic carbocycles. The van der Waals surface area contributed by atoms with E-state index in [1.807, 2.05) is 31.2 Å². The van der Waals surface area contributed by atoms with Crippen molar-refractivity contribution >= 4 is 18.0 Å². The maximum Gasteiger partial charge on any atom is 0.325 e. The van der Waals surface area contributed by atoms with Gasteiger partial charge in [0.25, 0.3) is 0 Å². The molecule has 0 fully saturated rings. The van der Waals surface area contributed by atoms with E-state index in [0.29, 0.717) is 0 Å². The fourth-order valence-corrected chi connectivity index (χ4v) is 1.40. The van der Waals surface area contributed by atoms with Crippen molar-refractivity contribution in [1.82, 2.24) is 4.90 Å². The average Bonchev–Trinajstić information content (AvgIpc) is 2.37. The van der Waals surface area contributed by atoms with Crippen LogP contribution in [0.3, 0.4) is 0 Å². The van der Waals surface area contributed by atoms with E-state index in [1.165, 1.54) is 18.1 Å². The summed E-state index contributed by atoms with van der Waals surface area (Å²) in [7, 11) is 2.85. The van der Waals surface area contributed by atoms with E-state index >= 15 is 0 Å². The highest BCUT2D eigenvalue weighted by Crippen LogP contribution is 2.08. The van der Waals surface area contributed by atoms with E-state index in [0.717, 1.165) is 11.1 Å². The molecule has 0 heterocycles. The monoisotopic (exact) mass is 247 g/mol. The standard InChI is InChI=1S/C14H17NO3/c1-11-6-4-5-7-12(11)8-9-13(16)15(2)10-14(17)18-3/h4-9H,10H2,1-3H3/b9-8+. The summed E-state index contributed by atoms with van der Waals surface area (Å²) in [5.41, 5.74) is 2.08. The molecular weight excluding hydrogens is 230 g/mol. The van der Waals surface area contributed by atoms with Gasteiger partial charge in [-0.25, -0.2) is 0 Å². The van der Waals surface area contributed by atoms with E-state index in [2.05, 4.69) is 4.74 Å². The number of nitrogens with zero attached hydrogens (tertiary/aromatic N) is 1. The molecule has 0 radical (unpaired) electrons. The van der Waals surface area contributed by atoms with Crippen LogP contribution >= 0.6 is 0 Å². The minimum atomic E-state index is -0.435. The summed E-state index contributed by atoms with van der Waals surface area (Å²) in [6.45, 7) is 1.93. The lowest BCUT2D eigenvalue weighted by atomic mass is 10.1. The van der Waals surface area contributed by atoms with Crippen LogP contribution < -0.4 is 0 Å². The fraction of sp³-hybridized carbons (Fsp3) is 0.286. The number of carbonyl (C=O) groups excluding carboxylic acids is 2. The molecule has 0 bridgehead atoms. The van der Waals surface area contributed by atoms with Crippen LogP contribution in [0.25, 0.3) is 6.08 Å². The number of carbonyl (C=O) groups is 2. The highest BCUT2D eigenvalue weighted by molar-refractivity contribution is 5.93. The molecule has 1 rings (SSSR count). The van der Waals surface area contributed by atoms with Gasteiger partial charge in [0.15, 0.2) is 0 Å². The molecule has 1 amide bonds. The molecule has 96 valence electrons. The number of ether oxygens (including phenoxy) is 1. The minimum Gasteiger partial charge on any atom is -0.468 e. The second kappa shape index (κ2) is 6.59. The Bertz CT molecular complexity index is 466. The third-order valence-corrected chi connectivity index (χ3v) is 2.56. The predicted octanol–water partition coefficient (Wildman–Crippen LogP) is 1.64. The summed E-state index contributed by atoms with van der Waals surface area (Å²) >= 11 is 0. The van der Waals surface area contributed by atoms with Gasteiger partial charge in [0.2, 0.25) is 5.91 Å². The van der Waals surface area contributed by atoms with Crippen LogP contribution in [0, 0.1) is 6.92 Å². The molecule has 0 saturated heterocycles. The zero-order chi connectivity index (χ0) is 13.5. The van der Waals surface area contributed by atoms with Gasteiger partial charge in [-0.15, -0.1) is 0 Å². The highest BCUT2D eigenvalue weighted by atomic mass is 16.5. The molecule has 18 heavy (non-hydrogen) atoms. The third kappa shape index (κ3) is 4.05. The minimum absolute atomic E-state index is 0.0482. The van der Waals surface area contributed by atoms with Gasteiger partial charge in [-0.3, -0.25) is 9.59 Å². The SMILES string of the molecule is COC(=O)CN(C)C(=O)/C=C/c1ccccc1C. The zero-order valence-corrected chi connectivity index (χ0v) is 10.8. The first kappa shape index (κ1) is 14.0. The molecule has 0 aliphatic heterocycles. The maximum absolute atomic E-state index is 11.7. The summed E-state index contributed by atoms with van der Waals surface area (Å²) < 4.78 is 4.50. The van der Waals surface area contributed by atoms with Crippen molar-refractivity contribution in [1.29, 1.82) is 0 Å². The molecule has 0 saturated carbocycles. The number of hydrogen-bond donors (Lipinski definition) is 0. The van der Waals surface area contributed by atoms with Crippen LogP contribution in [0.5, 0.6) is 0 Å². The zero-order valence-electron chi connectivity index (χ0n) is 10.8. The van der Waals surface area contributed by atoms with Crippen molar-refractivity contribution in [3.8, 4) is 0 Å². The molecule has 0 atom stereocenters. The summed E-state index contributed by atoms with van der Waals surface area (Å²) in [5, 5.41) is 0. The Morgan fingerprint density at radius 1 is 1.33 bits per heavy atom. The van der Waals surface area contributed by atoms with Gasteiger partial charge in [-0.05, 0) is 24.1 Å². The maximum atomic E-state index is 11.7. The van der Waals surface area contributed by atoms with Crippen molar-refractivity contribution in [3.05, 3.63) is 41.5 Å². The Morgan fingerprint density at radius 2 is 2.00 bits per heavy atom. The molecule has 0 aliphatic rings. The normalized spacial score (nSPS) is 10.4. The van der Waals surface area contributed by atoms with Crippen molar-refractivity contribution in [2.75, 3.05) is 20.7 Å². The number of esters is 1. The molecule has 0 aromatic heterocycles. The number of likely N-dealkylation sites (N-methyl/N-ethyl adjacent to an activating group) is 1. The molecule has 1 aromatic rings. The van der Waals surface area contributed by atoms with Gasteiger partial charge in [0.05, 0.1) is 7.11 Å². The Morgan fingerprint density at radius 3 is 2.61 bits per heavy atom. The largest absolute Gasteiger partial charge is 0.468 e. The van der Waals surface area contributed by atoms with E-state index < -0.39 is 5.97 Å². The second-order valence-electron chi connectivity index (χ2n) is 3.96. The van der Waals surface area contributed by atoms with Crippen molar-refractivity contribution in [3.63, 3.8) is 0 Å². The number of benzene rings is 1. The van der Waals surface area contributed by atoms with Crippen LogP contribution in [0.15, 0.2) is 30.3 Å². The Hall–Kier alpha value is -2.10. The molecule has 4 nitrogen and oxygen atoms in total. The number of hydrogen-bond acceptors (Lipinski definition) is 3. The van der Waals surface area contributed by atoms with Crippen molar-refractivity contribution in [2.24, 2.45) is 0 Å². The van der Waals surface area contributed by atoms with Gasteiger partial charge in [-0.1, -0.05) is 24.3 Å². The Kier molecular flexibility index (Phi) is 5.11. The molecule has 0 unspecified atom stereocenters. The lowest BCUT2D eigenvalue weighted by molar-refractivity contribution is -0.144. The smallest absolute Gasteiger partial charge is 0.325 e. The number of aryl methyl sites for hydroxylation is 1. The van der Waals surface area contributed by atoms with E-state index in [-0.39, 0.29) is 12.5 Å². The van der Waals surface area contributed by atoms with Gasteiger partial charge in [0, 0.05) is 13.1 Å². The number of methoxy groups -OCH3 is 1. The van der Waals surface area contributed by atoms with Gasteiger partial charge < -0.3 is 9.64 Å². The van der Waals surface area contributed by atoms with Crippen molar-refractivity contribution in [2.45, 2.75) is 6.92 Å². The topological polar surface area (TPSA) is 46.6 Å². The van der Waals surface area contributed by atoms with Gasteiger partial charge >= 0.3 is 5.97 Å². The molecular formula is C14H17NO3. The fourth-order valence-electron chi connectivity index (χ4n) is 1.40. The lowest BCUT2D eigenvalue weighted by Gasteiger charge is -2.12. The lowest BCUT2D eigenvalue weighted by Crippen LogP contribution is -2.31. The summed E-state index contributed by atoms with van der Waals surface area (Å²) in [6.07, 6.45) is 3.19. The first-order chi connectivity index (χ1) is 8.54. The molecule has 1 aromatic carbocycles. The first-order valence-corrected chi connectivity index (χ1v) is 5.60. The van der Waals surface area contributed by atoms with Crippen LogP contribution in [0.4, 0.5) is 0 Å². The first-order valence-electron chi connectivity index (χ1n) is 5.60. The van der Waals surface area contributed by atoms with Gasteiger partial charge in [-0.2, -0.15) is 0 Å². The third-order valence-electron chi connectivity index (χ3n) is 2.56. The van der Waals surface area contributed by atoms with Crippen LogP contribution in [0.1, 0.15) is 11.1 Å². The predicted molar refractivity (Wildman–Crippen MR) is 69.9 cm³/mol. The summed E-state index contributed by atoms with van der Waals surface area (Å²) in [6, 6.07) is 7.76. The Balaban J connectivity index is 2.65. The van der Waals surface area contributed by atoms with Crippen molar-refractivity contribution < 1.29 is 14.3 Å². The van der Waals surface area contributed by atoms with Crippen LogP contribution in [-0.4, -0.2) is 37.5 Å². The van der Waals surface area contributed by atoms with E-state index in [9.17, 15) is 9.59 Å². The Labute approximate surface area is 107 Å². The highest BCUT2D eigenvalue weighted by Gasteiger charge is 2.10. The number of amides is 1. The molecule has 4 heteroatoms. The molecule has 0 N–H and O–H groups in total. The van der Waals surface area contributed by atoms with E-state index in [1.54, 1.807) is 13.1 Å². The number of rotatable bonds is 4. The second-order valence-corrected chi connectivity index (χ2v) is 3.96. The summed E-state index contributed by atoms with van der Waals surface area (Å²) in [5.74, 6) is -0.668. The summed E-state index contributed by atoms with van der Waals surface area (Å²) in [4.78, 5) is 24.0. The average molecular weight is 247 g/mol. The molecule has 0 spiro atoms.